The van der Waals surface area contributed by atoms with Crippen LogP contribution >= 0.6 is 0 Å². The lowest BCUT2D eigenvalue weighted by atomic mass is 10.1. The number of rotatable bonds is 8. The fourth-order valence-electron chi connectivity index (χ4n) is 1.83. The molecule has 2 amide bonds. The molecule has 5 heteroatoms. The molecule has 0 spiro atoms. The molecule has 4 N–H and O–H groups in total. The Morgan fingerprint density at radius 3 is 2.30 bits per heavy atom. The van der Waals surface area contributed by atoms with Crippen molar-refractivity contribution >= 4 is 11.8 Å². The normalized spacial score (nSPS) is 11.7. The summed E-state index contributed by atoms with van der Waals surface area (Å²) >= 11 is 0. The van der Waals surface area contributed by atoms with Crippen LogP contribution in [0, 0.1) is 0 Å². The van der Waals surface area contributed by atoms with E-state index in [9.17, 15) is 9.59 Å². The van der Waals surface area contributed by atoms with Crippen molar-refractivity contribution in [2.75, 3.05) is 13.1 Å². The third kappa shape index (κ3) is 6.33. The van der Waals surface area contributed by atoms with Crippen molar-refractivity contribution in [3.8, 4) is 0 Å². The van der Waals surface area contributed by atoms with Crippen molar-refractivity contribution in [1.82, 2.24) is 10.6 Å². The van der Waals surface area contributed by atoms with Crippen molar-refractivity contribution in [2.45, 2.75) is 32.2 Å². The standard InChI is InChI=1S/C15H23N3O2/c1-2-17-14(19)9-6-10-15(20)18-11-13(16)12-7-4-3-5-8-12/h3-5,7-8,13H,2,6,9-11,16H2,1H3,(H,17,19)(H,18,20). The highest BCUT2D eigenvalue weighted by atomic mass is 16.2. The van der Waals surface area contributed by atoms with Gasteiger partial charge < -0.3 is 16.4 Å². The average molecular weight is 277 g/mol. The number of hydrogen-bond donors (Lipinski definition) is 3. The minimum Gasteiger partial charge on any atom is -0.356 e. The predicted octanol–water partition coefficient (Wildman–Crippen LogP) is 1.11. The van der Waals surface area contributed by atoms with Crippen LogP contribution in [0.25, 0.3) is 0 Å². The zero-order valence-electron chi connectivity index (χ0n) is 11.9. The summed E-state index contributed by atoms with van der Waals surface area (Å²) in [5.74, 6) is -0.0815. The van der Waals surface area contributed by atoms with E-state index < -0.39 is 0 Å². The highest BCUT2D eigenvalue weighted by Gasteiger charge is 2.08. The highest BCUT2D eigenvalue weighted by molar-refractivity contribution is 5.78. The molecule has 1 unspecified atom stereocenters. The third-order valence-corrected chi connectivity index (χ3v) is 2.93. The Morgan fingerprint density at radius 2 is 1.70 bits per heavy atom. The zero-order valence-corrected chi connectivity index (χ0v) is 11.9. The van der Waals surface area contributed by atoms with Gasteiger partial charge in [0.2, 0.25) is 11.8 Å². The molecule has 0 aliphatic carbocycles. The van der Waals surface area contributed by atoms with Gasteiger partial charge in [0.1, 0.15) is 0 Å². The second-order valence-electron chi connectivity index (χ2n) is 4.63. The molecular formula is C15H23N3O2. The Morgan fingerprint density at radius 1 is 1.10 bits per heavy atom. The second kappa shape index (κ2) is 9.09. The van der Waals surface area contributed by atoms with Gasteiger partial charge >= 0.3 is 0 Å². The van der Waals surface area contributed by atoms with Crippen LogP contribution in [0.5, 0.6) is 0 Å². The molecule has 0 fully saturated rings. The summed E-state index contributed by atoms with van der Waals surface area (Å²) in [5, 5.41) is 5.49. The van der Waals surface area contributed by atoms with Crippen molar-refractivity contribution in [2.24, 2.45) is 5.73 Å². The maximum atomic E-state index is 11.6. The molecule has 0 heterocycles. The minimum atomic E-state index is -0.205. The third-order valence-electron chi connectivity index (χ3n) is 2.93. The number of carbonyl (C=O) groups is 2. The predicted molar refractivity (Wildman–Crippen MR) is 78.9 cm³/mol. The lowest BCUT2D eigenvalue weighted by Crippen LogP contribution is -2.32. The Hall–Kier alpha value is -1.88. The van der Waals surface area contributed by atoms with E-state index in [-0.39, 0.29) is 17.9 Å². The first kappa shape index (κ1) is 16.2. The van der Waals surface area contributed by atoms with E-state index >= 15 is 0 Å². The van der Waals surface area contributed by atoms with Gasteiger partial charge in [0.05, 0.1) is 0 Å². The van der Waals surface area contributed by atoms with Gasteiger partial charge in [0.25, 0.3) is 0 Å². The molecule has 0 aromatic heterocycles. The fourth-order valence-corrected chi connectivity index (χ4v) is 1.83. The SMILES string of the molecule is CCNC(=O)CCCC(=O)NCC(N)c1ccccc1. The van der Waals surface area contributed by atoms with E-state index in [0.717, 1.165) is 5.56 Å². The molecule has 0 bridgehead atoms. The molecule has 0 radical (unpaired) electrons. The topological polar surface area (TPSA) is 84.2 Å². The summed E-state index contributed by atoms with van der Waals surface area (Å²) in [6.07, 6.45) is 1.28. The van der Waals surface area contributed by atoms with Crippen molar-refractivity contribution in [1.29, 1.82) is 0 Å². The van der Waals surface area contributed by atoms with Gasteiger partial charge in [-0.1, -0.05) is 30.3 Å². The van der Waals surface area contributed by atoms with Gasteiger partial charge in [-0.2, -0.15) is 0 Å². The summed E-state index contributed by atoms with van der Waals surface area (Å²) in [7, 11) is 0. The van der Waals surface area contributed by atoms with E-state index in [4.69, 9.17) is 5.73 Å². The van der Waals surface area contributed by atoms with Gasteiger partial charge in [0, 0.05) is 32.0 Å². The van der Waals surface area contributed by atoms with Crippen LogP contribution in [-0.4, -0.2) is 24.9 Å². The zero-order chi connectivity index (χ0) is 14.8. The minimum absolute atomic E-state index is 0.0127. The molecule has 0 saturated heterocycles. The lowest BCUT2D eigenvalue weighted by Gasteiger charge is -2.13. The Kier molecular flexibility index (Phi) is 7.35. The van der Waals surface area contributed by atoms with Gasteiger partial charge in [-0.3, -0.25) is 9.59 Å². The number of benzene rings is 1. The maximum absolute atomic E-state index is 11.6. The van der Waals surface area contributed by atoms with Crippen LogP contribution in [0.3, 0.4) is 0 Å². The van der Waals surface area contributed by atoms with Gasteiger partial charge in [0.15, 0.2) is 0 Å². The number of carbonyl (C=O) groups excluding carboxylic acids is 2. The summed E-state index contributed by atoms with van der Waals surface area (Å²) in [6, 6.07) is 9.43. The Labute approximate surface area is 119 Å². The molecule has 0 aliphatic heterocycles. The molecule has 20 heavy (non-hydrogen) atoms. The van der Waals surface area contributed by atoms with Gasteiger partial charge in [-0.25, -0.2) is 0 Å². The second-order valence-corrected chi connectivity index (χ2v) is 4.63. The Bertz CT molecular complexity index is 420. The van der Waals surface area contributed by atoms with Crippen LogP contribution in [0.15, 0.2) is 30.3 Å². The quantitative estimate of drug-likeness (QED) is 0.665. The van der Waals surface area contributed by atoms with E-state index in [2.05, 4.69) is 10.6 Å². The number of amides is 2. The van der Waals surface area contributed by atoms with Crippen LogP contribution in [0.4, 0.5) is 0 Å². The van der Waals surface area contributed by atoms with E-state index in [1.807, 2.05) is 37.3 Å². The van der Waals surface area contributed by atoms with Crippen LogP contribution in [-0.2, 0) is 9.59 Å². The van der Waals surface area contributed by atoms with Crippen LogP contribution < -0.4 is 16.4 Å². The first-order valence-electron chi connectivity index (χ1n) is 6.97. The van der Waals surface area contributed by atoms with Crippen molar-refractivity contribution < 1.29 is 9.59 Å². The fraction of sp³-hybridized carbons (Fsp3) is 0.467. The van der Waals surface area contributed by atoms with Crippen molar-refractivity contribution in [3.05, 3.63) is 35.9 Å². The molecule has 0 saturated carbocycles. The summed E-state index contributed by atoms with van der Waals surface area (Å²) < 4.78 is 0. The van der Waals surface area contributed by atoms with Crippen LogP contribution in [0.1, 0.15) is 37.8 Å². The van der Waals surface area contributed by atoms with Crippen LogP contribution in [0.2, 0.25) is 0 Å². The smallest absolute Gasteiger partial charge is 0.220 e. The number of nitrogens with one attached hydrogen (secondary N) is 2. The average Bonchev–Trinajstić information content (AvgIpc) is 2.46. The van der Waals surface area contributed by atoms with Crippen molar-refractivity contribution in [3.63, 3.8) is 0 Å². The lowest BCUT2D eigenvalue weighted by molar-refractivity contribution is -0.122. The Balaban J connectivity index is 2.18. The molecule has 1 aromatic carbocycles. The van der Waals surface area contributed by atoms with E-state index in [1.165, 1.54) is 0 Å². The monoisotopic (exact) mass is 277 g/mol. The molecule has 5 nitrogen and oxygen atoms in total. The molecule has 1 atom stereocenters. The number of hydrogen-bond acceptors (Lipinski definition) is 3. The number of nitrogens with two attached hydrogens (primary N) is 1. The maximum Gasteiger partial charge on any atom is 0.220 e. The molecule has 1 aromatic rings. The summed E-state index contributed by atoms with van der Waals surface area (Å²) in [6.45, 7) is 2.90. The van der Waals surface area contributed by atoms with E-state index in [1.54, 1.807) is 0 Å². The van der Waals surface area contributed by atoms with Gasteiger partial charge in [-0.15, -0.1) is 0 Å². The highest BCUT2D eigenvalue weighted by Crippen LogP contribution is 2.08. The molecule has 1 rings (SSSR count). The molecule has 0 aliphatic rings. The molecular weight excluding hydrogens is 254 g/mol. The molecule has 110 valence electrons. The largest absolute Gasteiger partial charge is 0.356 e. The summed E-state index contributed by atoms with van der Waals surface area (Å²) in [4.78, 5) is 22.8. The van der Waals surface area contributed by atoms with Gasteiger partial charge in [-0.05, 0) is 18.9 Å². The van der Waals surface area contributed by atoms with E-state index in [0.29, 0.717) is 32.4 Å². The first-order valence-corrected chi connectivity index (χ1v) is 6.97. The summed E-state index contributed by atoms with van der Waals surface area (Å²) in [5.41, 5.74) is 6.98. The first-order chi connectivity index (χ1) is 9.63.